The SMILES string of the molecule is Cc1nc(C)c(-c2nnc(SCc3nnc(-c4ccc(Br)cc4)o3)o2)s1. The highest BCUT2D eigenvalue weighted by atomic mass is 79.9. The lowest BCUT2D eigenvalue weighted by Crippen LogP contribution is -1.80. The van der Waals surface area contributed by atoms with Crippen LogP contribution in [0.15, 0.2) is 42.8 Å². The monoisotopic (exact) mass is 449 g/mol. The normalized spacial score (nSPS) is 11.2. The average molecular weight is 450 g/mol. The van der Waals surface area contributed by atoms with Gasteiger partial charge in [0.1, 0.15) is 4.88 Å². The minimum Gasteiger partial charge on any atom is -0.420 e. The van der Waals surface area contributed by atoms with Gasteiger partial charge in [-0.1, -0.05) is 27.7 Å². The van der Waals surface area contributed by atoms with Crippen LogP contribution in [-0.2, 0) is 5.75 Å². The molecule has 0 aliphatic carbocycles. The van der Waals surface area contributed by atoms with Gasteiger partial charge in [-0.25, -0.2) is 4.98 Å². The van der Waals surface area contributed by atoms with Gasteiger partial charge >= 0.3 is 0 Å². The van der Waals surface area contributed by atoms with E-state index in [9.17, 15) is 0 Å². The van der Waals surface area contributed by atoms with Crippen molar-refractivity contribution in [1.29, 1.82) is 0 Å². The quantitative estimate of drug-likeness (QED) is 0.396. The summed E-state index contributed by atoms with van der Waals surface area (Å²) >= 11 is 6.29. The van der Waals surface area contributed by atoms with Gasteiger partial charge in [-0.05, 0) is 38.1 Å². The first-order valence-electron chi connectivity index (χ1n) is 7.57. The van der Waals surface area contributed by atoms with Crippen molar-refractivity contribution < 1.29 is 8.83 Å². The van der Waals surface area contributed by atoms with Gasteiger partial charge in [-0.15, -0.1) is 31.7 Å². The molecule has 0 saturated heterocycles. The topological polar surface area (TPSA) is 90.7 Å². The number of thioether (sulfide) groups is 1. The smallest absolute Gasteiger partial charge is 0.277 e. The van der Waals surface area contributed by atoms with Gasteiger partial charge in [0.05, 0.1) is 16.5 Å². The molecule has 0 unspecified atom stereocenters. The van der Waals surface area contributed by atoms with Crippen LogP contribution in [0.2, 0.25) is 0 Å². The largest absolute Gasteiger partial charge is 0.420 e. The third-order valence-electron chi connectivity index (χ3n) is 3.38. The zero-order valence-electron chi connectivity index (χ0n) is 13.8. The number of aromatic nitrogens is 5. The zero-order chi connectivity index (χ0) is 18.1. The van der Waals surface area contributed by atoms with Crippen LogP contribution < -0.4 is 0 Å². The summed E-state index contributed by atoms with van der Waals surface area (Å²) in [7, 11) is 0. The molecule has 0 bridgehead atoms. The molecule has 0 amide bonds. The number of halogens is 1. The van der Waals surface area contributed by atoms with E-state index in [0.29, 0.717) is 28.6 Å². The highest BCUT2D eigenvalue weighted by molar-refractivity contribution is 9.10. The minimum atomic E-state index is 0.450. The first kappa shape index (κ1) is 17.4. The number of hydrogen-bond acceptors (Lipinski definition) is 9. The van der Waals surface area contributed by atoms with E-state index in [0.717, 1.165) is 25.6 Å². The summed E-state index contributed by atoms with van der Waals surface area (Å²) in [5.74, 6) is 1.91. The fourth-order valence-corrected chi connectivity index (χ4v) is 3.94. The first-order chi connectivity index (χ1) is 12.6. The minimum absolute atomic E-state index is 0.450. The third-order valence-corrected chi connectivity index (χ3v) is 5.77. The van der Waals surface area contributed by atoms with Crippen molar-refractivity contribution in [2.24, 2.45) is 0 Å². The van der Waals surface area contributed by atoms with Gasteiger partial charge in [0.15, 0.2) is 0 Å². The molecule has 7 nitrogen and oxygen atoms in total. The van der Waals surface area contributed by atoms with Crippen LogP contribution in [0.4, 0.5) is 0 Å². The molecule has 0 radical (unpaired) electrons. The summed E-state index contributed by atoms with van der Waals surface area (Å²) in [4.78, 5) is 5.28. The van der Waals surface area contributed by atoms with Crippen molar-refractivity contribution in [1.82, 2.24) is 25.4 Å². The number of benzene rings is 1. The van der Waals surface area contributed by atoms with E-state index in [4.69, 9.17) is 8.83 Å². The standard InChI is InChI=1S/C16H12BrN5O2S2/c1-8-13(26-9(2)18-8)15-21-22-16(24-15)25-7-12-19-20-14(23-12)10-3-5-11(17)6-4-10/h3-6H,7H2,1-2H3. The fourth-order valence-electron chi connectivity index (χ4n) is 2.23. The summed E-state index contributed by atoms with van der Waals surface area (Å²) in [6, 6.07) is 7.69. The van der Waals surface area contributed by atoms with E-state index < -0.39 is 0 Å². The van der Waals surface area contributed by atoms with Gasteiger partial charge in [-0.3, -0.25) is 0 Å². The third kappa shape index (κ3) is 3.71. The van der Waals surface area contributed by atoms with E-state index in [-0.39, 0.29) is 0 Å². The Hall–Kier alpha value is -2.04. The molecule has 4 aromatic rings. The Bertz CT molecular complexity index is 1040. The summed E-state index contributed by atoms with van der Waals surface area (Å²) < 4.78 is 12.4. The molecule has 3 heterocycles. The van der Waals surface area contributed by atoms with Crippen molar-refractivity contribution in [3.05, 3.63) is 45.3 Å². The first-order valence-corrected chi connectivity index (χ1v) is 10.2. The molecule has 10 heteroatoms. The van der Waals surface area contributed by atoms with Crippen LogP contribution in [0.5, 0.6) is 0 Å². The second-order valence-corrected chi connectivity index (χ2v) is 8.36. The lowest BCUT2D eigenvalue weighted by atomic mass is 10.2. The van der Waals surface area contributed by atoms with Crippen molar-refractivity contribution in [2.45, 2.75) is 24.8 Å². The second kappa shape index (κ2) is 7.29. The Balaban J connectivity index is 1.43. The number of nitrogens with zero attached hydrogens (tertiary/aromatic N) is 5. The van der Waals surface area contributed by atoms with Gasteiger partial charge in [0.25, 0.3) is 11.1 Å². The highest BCUT2D eigenvalue weighted by Gasteiger charge is 2.16. The number of thiazole rings is 1. The molecule has 0 atom stereocenters. The molecule has 1 aromatic carbocycles. The van der Waals surface area contributed by atoms with Gasteiger partial charge in [-0.2, -0.15) is 0 Å². The Kier molecular flexibility index (Phi) is 4.88. The van der Waals surface area contributed by atoms with Crippen LogP contribution in [-0.4, -0.2) is 25.4 Å². The van der Waals surface area contributed by atoms with E-state index >= 15 is 0 Å². The molecule has 132 valence electrons. The molecule has 0 fully saturated rings. The van der Waals surface area contributed by atoms with Crippen molar-refractivity contribution >= 4 is 39.0 Å². The fraction of sp³-hybridized carbons (Fsp3) is 0.188. The van der Waals surface area contributed by atoms with E-state index in [1.54, 1.807) is 0 Å². The van der Waals surface area contributed by atoms with Crippen LogP contribution >= 0.6 is 39.0 Å². The molecule has 0 aliphatic heterocycles. The van der Waals surface area contributed by atoms with Crippen molar-refractivity contribution in [2.75, 3.05) is 0 Å². The molecular weight excluding hydrogens is 438 g/mol. The predicted molar refractivity (Wildman–Crippen MR) is 102 cm³/mol. The maximum Gasteiger partial charge on any atom is 0.277 e. The Labute approximate surface area is 165 Å². The average Bonchev–Trinajstić information content (AvgIpc) is 3.33. The van der Waals surface area contributed by atoms with Crippen LogP contribution in [0.1, 0.15) is 16.6 Å². The van der Waals surface area contributed by atoms with Gasteiger partial charge in [0.2, 0.25) is 11.8 Å². The predicted octanol–water partition coefficient (Wildman–Crippen LogP) is 4.91. The molecule has 0 N–H and O–H groups in total. The van der Waals surface area contributed by atoms with Crippen LogP contribution in [0, 0.1) is 13.8 Å². The molecule has 3 aromatic heterocycles. The Morgan fingerprint density at radius 1 is 1.00 bits per heavy atom. The van der Waals surface area contributed by atoms with Gasteiger partial charge < -0.3 is 8.83 Å². The number of hydrogen-bond donors (Lipinski definition) is 0. The molecule has 0 saturated carbocycles. The summed E-state index contributed by atoms with van der Waals surface area (Å²) in [6.07, 6.45) is 0. The maximum absolute atomic E-state index is 5.71. The molecule has 0 spiro atoms. The van der Waals surface area contributed by atoms with Crippen LogP contribution in [0.25, 0.3) is 22.2 Å². The second-order valence-electron chi connectivity index (χ2n) is 5.32. The molecule has 4 rings (SSSR count). The lowest BCUT2D eigenvalue weighted by molar-refractivity contribution is 0.465. The van der Waals surface area contributed by atoms with E-state index in [1.807, 2.05) is 38.1 Å². The number of aryl methyl sites for hydroxylation is 2. The Morgan fingerprint density at radius 2 is 1.77 bits per heavy atom. The Morgan fingerprint density at radius 3 is 2.50 bits per heavy atom. The highest BCUT2D eigenvalue weighted by Crippen LogP contribution is 2.31. The zero-order valence-corrected chi connectivity index (χ0v) is 17.0. The van der Waals surface area contributed by atoms with Crippen molar-refractivity contribution in [3.63, 3.8) is 0 Å². The summed E-state index contributed by atoms with van der Waals surface area (Å²) in [5.41, 5.74) is 1.76. The summed E-state index contributed by atoms with van der Waals surface area (Å²) in [6.45, 7) is 3.88. The van der Waals surface area contributed by atoms with Gasteiger partial charge in [0, 0.05) is 10.0 Å². The number of rotatable bonds is 5. The molecule has 0 aliphatic rings. The summed E-state index contributed by atoms with van der Waals surface area (Å²) in [5, 5.41) is 17.7. The van der Waals surface area contributed by atoms with E-state index in [1.165, 1.54) is 23.1 Å². The molecule has 26 heavy (non-hydrogen) atoms. The molecular formula is C16H12BrN5O2S2. The van der Waals surface area contributed by atoms with Crippen molar-refractivity contribution in [3.8, 4) is 22.2 Å². The van der Waals surface area contributed by atoms with E-state index in [2.05, 4.69) is 41.3 Å². The van der Waals surface area contributed by atoms with Crippen LogP contribution in [0.3, 0.4) is 0 Å². The lowest BCUT2D eigenvalue weighted by Gasteiger charge is -1.94. The maximum atomic E-state index is 5.71.